The van der Waals surface area contributed by atoms with Crippen LogP contribution in [-0.2, 0) is 11.2 Å². The fourth-order valence-corrected chi connectivity index (χ4v) is 2.83. The van der Waals surface area contributed by atoms with Gasteiger partial charge in [0.25, 0.3) is 0 Å². The summed E-state index contributed by atoms with van der Waals surface area (Å²) in [4.78, 5) is 17.4. The summed E-state index contributed by atoms with van der Waals surface area (Å²) in [6.07, 6.45) is 0.325. The number of aromatic amines is 1. The number of fused-ring (bicyclic) bond motifs is 1. The van der Waals surface area contributed by atoms with Gasteiger partial charge in [0.2, 0.25) is 5.91 Å². The fraction of sp³-hybridized carbons (Fsp3) is 0.250. The molecule has 0 spiro atoms. The molecule has 25 heavy (non-hydrogen) atoms. The average Bonchev–Trinajstić information content (AvgIpc) is 2.92. The topological polar surface area (TPSA) is 45.3 Å². The summed E-state index contributed by atoms with van der Waals surface area (Å²) in [5.74, 6) is -0.188. The highest BCUT2D eigenvalue weighted by Crippen LogP contribution is 2.22. The summed E-state index contributed by atoms with van der Waals surface area (Å²) in [6, 6.07) is 14.2. The molecule has 1 heterocycles. The van der Waals surface area contributed by atoms with E-state index in [0.717, 1.165) is 22.2 Å². The number of ether oxygens (including phenoxy) is 1. The van der Waals surface area contributed by atoms with Gasteiger partial charge in [-0.1, -0.05) is 30.3 Å². The molecular weight excluding hydrogens is 319 g/mol. The molecule has 3 rings (SSSR count). The number of carbonyl (C=O) groups excluding carboxylic acids is 1. The van der Waals surface area contributed by atoms with E-state index in [4.69, 9.17) is 4.74 Å². The first kappa shape index (κ1) is 17.0. The van der Waals surface area contributed by atoms with E-state index >= 15 is 0 Å². The summed E-state index contributed by atoms with van der Waals surface area (Å²) in [5.41, 5.74) is 3.06. The zero-order valence-electron chi connectivity index (χ0n) is 14.4. The van der Waals surface area contributed by atoms with Gasteiger partial charge in [-0.25, -0.2) is 4.39 Å². The smallest absolute Gasteiger partial charge is 0.226 e. The van der Waals surface area contributed by atoms with Gasteiger partial charge in [-0.3, -0.25) is 4.79 Å². The molecule has 0 fully saturated rings. The van der Waals surface area contributed by atoms with Crippen molar-refractivity contribution in [2.75, 3.05) is 20.2 Å². The summed E-state index contributed by atoms with van der Waals surface area (Å²) in [7, 11) is 1.73. The Morgan fingerprint density at radius 3 is 2.68 bits per heavy atom. The maximum absolute atomic E-state index is 13.5. The van der Waals surface area contributed by atoms with Gasteiger partial charge in [0, 0.05) is 23.6 Å². The van der Waals surface area contributed by atoms with Crippen molar-refractivity contribution in [2.45, 2.75) is 13.3 Å². The number of halogens is 1. The van der Waals surface area contributed by atoms with Crippen molar-refractivity contribution in [2.24, 2.45) is 0 Å². The van der Waals surface area contributed by atoms with Crippen LogP contribution in [0, 0.1) is 12.7 Å². The number of nitrogens with one attached hydrogen (secondary N) is 1. The molecule has 0 saturated heterocycles. The molecule has 0 bridgehead atoms. The van der Waals surface area contributed by atoms with E-state index in [9.17, 15) is 9.18 Å². The lowest BCUT2D eigenvalue weighted by Crippen LogP contribution is -2.32. The SMILES string of the molecule is Cc1[nH]c2ccccc2c1CC(=O)N(C)CCOc1ccccc1F. The molecule has 4 nitrogen and oxygen atoms in total. The van der Waals surface area contributed by atoms with E-state index < -0.39 is 5.82 Å². The first-order valence-electron chi connectivity index (χ1n) is 8.23. The van der Waals surface area contributed by atoms with Gasteiger partial charge < -0.3 is 14.6 Å². The molecule has 2 aromatic carbocycles. The maximum Gasteiger partial charge on any atom is 0.226 e. The number of likely N-dealkylation sites (N-methyl/N-ethyl adjacent to an activating group) is 1. The van der Waals surface area contributed by atoms with Crippen LogP contribution >= 0.6 is 0 Å². The van der Waals surface area contributed by atoms with Crippen LogP contribution in [-0.4, -0.2) is 36.0 Å². The number of aromatic nitrogens is 1. The minimum absolute atomic E-state index is 0.00462. The predicted octanol–water partition coefficient (Wildman–Crippen LogP) is 3.70. The molecule has 0 aliphatic rings. The number of para-hydroxylation sites is 2. The molecule has 0 aliphatic heterocycles. The van der Waals surface area contributed by atoms with Crippen LogP contribution < -0.4 is 4.74 Å². The third kappa shape index (κ3) is 3.82. The number of benzene rings is 2. The zero-order chi connectivity index (χ0) is 17.8. The van der Waals surface area contributed by atoms with Crippen LogP contribution in [0.3, 0.4) is 0 Å². The number of H-pyrrole nitrogens is 1. The molecule has 1 aromatic heterocycles. The van der Waals surface area contributed by atoms with Crippen molar-refractivity contribution in [3.8, 4) is 5.75 Å². The van der Waals surface area contributed by atoms with Crippen LogP contribution in [0.25, 0.3) is 10.9 Å². The lowest BCUT2D eigenvalue weighted by atomic mass is 10.1. The van der Waals surface area contributed by atoms with Crippen LogP contribution in [0.2, 0.25) is 0 Å². The third-order valence-electron chi connectivity index (χ3n) is 4.30. The second kappa shape index (κ2) is 7.38. The Kier molecular flexibility index (Phi) is 5.03. The molecule has 0 saturated carbocycles. The standard InChI is InChI=1S/C20H21FN2O2/c1-14-16(15-7-3-5-9-18(15)22-14)13-20(24)23(2)11-12-25-19-10-6-4-8-17(19)21/h3-10,22H,11-13H2,1-2H3. The van der Waals surface area contributed by atoms with Crippen LogP contribution in [0.4, 0.5) is 4.39 Å². The molecule has 130 valence electrons. The summed E-state index contributed by atoms with van der Waals surface area (Å²) in [6.45, 7) is 2.62. The summed E-state index contributed by atoms with van der Waals surface area (Å²) < 4.78 is 18.9. The van der Waals surface area contributed by atoms with Crippen molar-refractivity contribution < 1.29 is 13.9 Å². The van der Waals surface area contributed by atoms with Gasteiger partial charge in [-0.2, -0.15) is 0 Å². The van der Waals surface area contributed by atoms with Crippen LogP contribution in [0.1, 0.15) is 11.3 Å². The zero-order valence-corrected chi connectivity index (χ0v) is 14.4. The van der Waals surface area contributed by atoms with E-state index in [2.05, 4.69) is 4.98 Å². The quantitative estimate of drug-likeness (QED) is 0.744. The van der Waals surface area contributed by atoms with Crippen LogP contribution in [0.5, 0.6) is 5.75 Å². The Morgan fingerprint density at radius 2 is 1.88 bits per heavy atom. The Balaban J connectivity index is 1.59. The maximum atomic E-state index is 13.5. The largest absolute Gasteiger partial charge is 0.489 e. The van der Waals surface area contributed by atoms with E-state index in [1.165, 1.54) is 6.07 Å². The second-order valence-corrected chi connectivity index (χ2v) is 6.05. The molecule has 0 aliphatic carbocycles. The monoisotopic (exact) mass is 340 g/mol. The Hall–Kier alpha value is -2.82. The van der Waals surface area contributed by atoms with E-state index in [1.807, 2.05) is 31.2 Å². The van der Waals surface area contributed by atoms with Gasteiger partial charge in [0.1, 0.15) is 6.61 Å². The number of hydrogen-bond acceptors (Lipinski definition) is 2. The third-order valence-corrected chi connectivity index (χ3v) is 4.30. The van der Waals surface area contributed by atoms with E-state index in [-0.39, 0.29) is 18.3 Å². The van der Waals surface area contributed by atoms with Gasteiger partial charge in [-0.15, -0.1) is 0 Å². The highest BCUT2D eigenvalue weighted by Gasteiger charge is 2.15. The van der Waals surface area contributed by atoms with Crippen molar-refractivity contribution in [3.05, 3.63) is 65.6 Å². The fourth-order valence-electron chi connectivity index (χ4n) is 2.83. The number of hydrogen-bond donors (Lipinski definition) is 1. The van der Waals surface area contributed by atoms with Crippen LogP contribution in [0.15, 0.2) is 48.5 Å². The number of amides is 1. The van der Waals surface area contributed by atoms with E-state index in [0.29, 0.717) is 13.0 Å². The molecule has 3 aromatic rings. The number of aryl methyl sites for hydroxylation is 1. The molecule has 1 N–H and O–H groups in total. The minimum Gasteiger partial charge on any atom is -0.489 e. The molecule has 1 amide bonds. The number of carbonyl (C=O) groups is 1. The lowest BCUT2D eigenvalue weighted by Gasteiger charge is -2.18. The van der Waals surface area contributed by atoms with Gasteiger partial charge in [0.05, 0.1) is 13.0 Å². The number of nitrogens with zero attached hydrogens (tertiary/aromatic N) is 1. The van der Waals surface area contributed by atoms with Crippen molar-refractivity contribution in [1.82, 2.24) is 9.88 Å². The summed E-state index contributed by atoms with van der Waals surface area (Å²) in [5, 5.41) is 1.07. The molecule has 0 atom stereocenters. The highest BCUT2D eigenvalue weighted by atomic mass is 19.1. The minimum atomic E-state index is -0.397. The van der Waals surface area contributed by atoms with Gasteiger partial charge >= 0.3 is 0 Å². The molecular formula is C20H21FN2O2. The Morgan fingerprint density at radius 1 is 1.16 bits per heavy atom. The lowest BCUT2D eigenvalue weighted by molar-refractivity contribution is -0.129. The van der Waals surface area contributed by atoms with Crippen molar-refractivity contribution in [3.63, 3.8) is 0 Å². The molecule has 5 heteroatoms. The Bertz CT molecular complexity index is 888. The number of rotatable bonds is 6. The van der Waals surface area contributed by atoms with Gasteiger partial charge in [-0.05, 0) is 30.7 Å². The van der Waals surface area contributed by atoms with Gasteiger partial charge in [0.15, 0.2) is 11.6 Å². The first-order chi connectivity index (χ1) is 12.1. The summed E-state index contributed by atoms with van der Waals surface area (Å²) >= 11 is 0. The first-order valence-corrected chi connectivity index (χ1v) is 8.23. The predicted molar refractivity (Wildman–Crippen MR) is 96.3 cm³/mol. The van der Waals surface area contributed by atoms with Crippen molar-refractivity contribution >= 4 is 16.8 Å². The van der Waals surface area contributed by atoms with Crippen molar-refractivity contribution in [1.29, 1.82) is 0 Å². The normalized spacial score (nSPS) is 10.8. The second-order valence-electron chi connectivity index (χ2n) is 6.05. The Labute approximate surface area is 146 Å². The van der Waals surface area contributed by atoms with E-state index in [1.54, 1.807) is 30.1 Å². The molecule has 0 radical (unpaired) electrons. The average molecular weight is 340 g/mol. The highest BCUT2D eigenvalue weighted by molar-refractivity contribution is 5.90. The molecule has 0 unspecified atom stereocenters.